The predicted molar refractivity (Wildman–Crippen MR) is 101 cm³/mol. The van der Waals surface area contributed by atoms with Crippen LogP contribution >= 0.6 is 0 Å². The predicted octanol–water partition coefficient (Wildman–Crippen LogP) is 1.07. The van der Waals surface area contributed by atoms with Crippen LogP contribution < -0.4 is 14.4 Å². The fourth-order valence-corrected chi connectivity index (χ4v) is 4.84. The van der Waals surface area contributed by atoms with E-state index >= 15 is 0 Å². The number of benzene rings is 1. The normalized spacial score (nSPS) is 32.1. The fraction of sp³-hybridized carbons (Fsp3) is 0.429. The lowest BCUT2D eigenvalue weighted by molar-refractivity contribution is -0.231. The lowest BCUT2D eigenvalue weighted by Crippen LogP contribution is -2.52. The molecule has 2 fully saturated rings. The number of hydrogen-bond donors (Lipinski definition) is 0. The molecule has 4 aliphatic rings. The van der Waals surface area contributed by atoms with Crippen LogP contribution in [0.5, 0.6) is 11.5 Å². The summed E-state index contributed by atoms with van der Waals surface area (Å²) >= 11 is 0. The van der Waals surface area contributed by atoms with Crippen LogP contribution in [0, 0.1) is 11.8 Å². The van der Waals surface area contributed by atoms with Crippen molar-refractivity contribution in [3.8, 4) is 11.5 Å². The van der Waals surface area contributed by atoms with Gasteiger partial charge < -0.3 is 23.7 Å². The van der Waals surface area contributed by atoms with Crippen LogP contribution in [-0.4, -0.2) is 48.0 Å². The summed E-state index contributed by atoms with van der Waals surface area (Å²) < 4.78 is 27.2. The summed E-state index contributed by atoms with van der Waals surface area (Å²) in [5, 5.41) is 0. The highest BCUT2D eigenvalue weighted by atomic mass is 16.7. The van der Waals surface area contributed by atoms with Gasteiger partial charge in [0.05, 0.1) is 23.1 Å². The molecule has 31 heavy (non-hydrogen) atoms. The molecule has 4 aliphatic heterocycles. The summed E-state index contributed by atoms with van der Waals surface area (Å²) in [6.07, 6.45) is 1.66. The molecule has 10 nitrogen and oxygen atoms in total. The van der Waals surface area contributed by atoms with Crippen molar-refractivity contribution in [2.45, 2.75) is 38.3 Å². The molecule has 4 atom stereocenters. The Balaban J connectivity index is 1.57. The maximum atomic E-state index is 13.5. The minimum atomic E-state index is -1.62. The Morgan fingerprint density at radius 3 is 2.35 bits per heavy atom. The van der Waals surface area contributed by atoms with E-state index in [4.69, 9.17) is 23.7 Å². The van der Waals surface area contributed by atoms with Crippen molar-refractivity contribution < 1.29 is 42.9 Å². The van der Waals surface area contributed by atoms with Gasteiger partial charge in [-0.3, -0.25) is 19.2 Å². The molecule has 162 valence electrons. The van der Waals surface area contributed by atoms with Crippen molar-refractivity contribution in [3.63, 3.8) is 0 Å². The molecule has 2 saturated heterocycles. The second-order valence-electron chi connectivity index (χ2n) is 8.03. The van der Waals surface area contributed by atoms with E-state index in [0.717, 1.165) is 18.7 Å². The van der Waals surface area contributed by atoms with Crippen molar-refractivity contribution in [2.75, 3.05) is 11.7 Å². The summed E-state index contributed by atoms with van der Waals surface area (Å²) in [5.41, 5.74) is -2.43. The van der Waals surface area contributed by atoms with Gasteiger partial charge in [-0.15, -0.1) is 0 Å². The molecule has 0 aromatic heterocycles. The van der Waals surface area contributed by atoms with Crippen molar-refractivity contribution in [1.82, 2.24) is 0 Å². The molecule has 2 bridgehead atoms. The molecular formula is C21H19NO9. The lowest BCUT2D eigenvalue weighted by atomic mass is 9.72. The van der Waals surface area contributed by atoms with Gasteiger partial charge in [0.25, 0.3) is 6.29 Å². The van der Waals surface area contributed by atoms with Crippen molar-refractivity contribution in [1.29, 1.82) is 0 Å². The third-order valence-electron chi connectivity index (χ3n) is 6.01. The average molecular weight is 429 g/mol. The highest BCUT2D eigenvalue weighted by molar-refractivity contribution is 6.23. The molecule has 0 saturated carbocycles. The number of carbonyl (C=O) groups is 4. The molecule has 1 aromatic carbocycles. The Kier molecular flexibility index (Phi) is 3.97. The van der Waals surface area contributed by atoms with Crippen LogP contribution in [0.2, 0.25) is 0 Å². The van der Waals surface area contributed by atoms with Crippen molar-refractivity contribution in [3.05, 3.63) is 30.4 Å². The Morgan fingerprint density at radius 2 is 1.68 bits per heavy atom. The van der Waals surface area contributed by atoms with Crippen molar-refractivity contribution >= 4 is 29.4 Å². The molecule has 0 aliphatic carbocycles. The number of ether oxygens (including phenoxy) is 5. The summed E-state index contributed by atoms with van der Waals surface area (Å²) in [7, 11) is 0. The summed E-state index contributed by atoms with van der Waals surface area (Å²) in [4.78, 5) is 51.4. The maximum absolute atomic E-state index is 13.5. The van der Waals surface area contributed by atoms with E-state index in [1.807, 2.05) is 0 Å². The van der Waals surface area contributed by atoms with E-state index in [1.54, 1.807) is 37.3 Å². The van der Waals surface area contributed by atoms with E-state index in [0.29, 0.717) is 17.2 Å². The van der Waals surface area contributed by atoms with Gasteiger partial charge in [0, 0.05) is 19.9 Å². The average Bonchev–Trinajstić information content (AvgIpc) is 3.40. The number of hydrogen-bond acceptors (Lipinski definition) is 9. The first-order valence-corrected chi connectivity index (χ1v) is 9.69. The van der Waals surface area contributed by atoms with Crippen LogP contribution in [0.1, 0.15) is 20.8 Å². The SMILES string of the molecule is CC(=O)OC(OC(C)=O)[C@@]12C=C[C@](C)(O1)[C@H]1C(=O)N(c3ccc4c(c3)OCO4)C(=O)[C@@H]12. The van der Waals surface area contributed by atoms with Gasteiger partial charge in [0.2, 0.25) is 18.6 Å². The number of esters is 2. The number of anilines is 1. The molecular weight excluding hydrogens is 410 g/mol. The molecule has 0 N–H and O–H groups in total. The molecule has 0 spiro atoms. The van der Waals surface area contributed by atoms with Gasteiger partial charge in [0.15, 0.2) is 17.1 Å². The molecule has 1 aromatic rings. The number of nitrogens with zero attached hydrogens (tertiary/aromatic N) is 1. The monoisotopic (exact) mass is 429 g/mol. The highest BCUT2D eigenvalue weighted by Gasteiger charge is 2.76. The third-order valence-corrected chi connectivity index (χ3v) is 6.01. The highest BCUT2D eigenvalue weighted by Crippen LogP contribution is 2.59. The smallest absolute Gasteiger partial charge is 0.305 e. The first-order chi connectivity index (χ1) is 14.7. The van der Waals surface area contributed by atoms with Gasteiger partial charge >= 0.3 is 11.9 Å². The van der Waals surface area contributed by atoms with Gasteiger partial charge in [0.1, 0.15) is 0 Å². The molecule has 0 radical (unpaired) electrons. The zero-order chi connectivity index (χ0) is 22.1. The fourth-order valence-electron chi connectivity index (χ4n) is 4.84. The molecule has 2 amide bonds. The number of imide groups is 1. The van der Waals surface area contributed by atoms with Gasteiger partial charge in [-0.05, 0) is 25.1 Å². The Morgan fingerprint density at radius 1 is 1.03 bits per heavy atom. The van der Waals surface area contributed by atoms with Crippen LogP contribution in [0.4, 0.5) is 5.69 Å². The minimum Gasteiger partial charge on any atom is -0.454 e. The minimum absolute atomic E-state index is 0.0529. The maximum Gasteiger partial charge on any atom is 0.305 e. The summed E-state index contributed by atoms with van der Waals surface area (Å²) in [6, 6.07) is 4.76. The second kappa shape index (κ2) is 6.30. The standard InChI is InChI=1S/C21H19NO9/c1-10(23)29-19(30-11(2)24)21-7-6-20(3,31-21)15-16(21)18(26)22(17(15)25)12-4-5-13-14(8-12)28-9-27-13/h4-8,15-16,19H,9H2,1-3H3/t15-,16-,20+,21+/m1/s1. The largest absolute Gasteiger partial charge is 0.454 e. The Hall–Kier alpha value is -3.40. The first kappa shape index (κ1) is 19.6. The summed E-state index contributed by atoms with van der Waals surface area (Å²) in [5.74, 6) is -3.46. The number of rotatable bonds is 4. The van der Waals surface area contributed by atoms with Gasteiger partial charge in [-0.1, -0.05) is 6.08 Å². The van der Waals surface area contributed by atoms with E-state index < -0.39 is 53.1 Å². The van der Waals surface area contributed by atoms with E-state index in [-0.39, 0.29) is 6.79 Å². The van der Waals surface area contributed by atoms with Crippen LogP contribution in [0.25, 0.3) is 0 Å². The second-order valence-corrected chi connectivity index (χ2v) is 8.03. The van der Waals surface area contributed by atoms with Crippen LogP contribution in [0.3, 0.4) is 0 Å². The van der Waals surface area contributed by atoms with Crippen molar-refractivity contribution in [2.24, 2.45) is 11.8 Å². The summed E-state index contributed by atoms with van der Waals surface area (Å²) in [6.45, 7) is 4.02. The number of fused-ring (bicyclic) bond motifs is 6. The van der Waals surface area contributed by atoms with Gasteiger partial charge in [-0.2, -0.15) is 0 Å². The molecule has 4 heterocycles. The third kappa shape index (κ3) is 2.61. The van der Waals surface area contributed by atoms with E-state index in [9.17, 15) is 19.2 Å². The van der Waals surface area contributed by atoms with E-state index in [2.05, 4.69) is 0 Å². The van der Waals surface area contributed by atoms with Crippen LogP contribution in [-0.2, 0) is 33.4 Å². The lowest BCUT2D eigenvalue weighted by Gasteiger charge is -2.34. The molecule has 0 unspecified atom stereocenters. The van der Waals surface area contributed by atoms with E-state index in [1.165, 1.54) is 0 Å². The molecule has 5 rings (SSSR count). The Labute approximate surface area is 176 Å². The first-order valence-electron chi connectivity index (χ1n) is 9.69. The number of carbonyl (C=O) groups excluding carboxylic acids is 4. The van der Waals surface area contributed by atoms with Crippen LogP contribution in [0.15, 0.2) is 30.4 Å². The quantitative estimate of drug-likeness (QED) is 0.300. The zero-order valence-corrected chi connectivity index (χ0v) is 16.9. The van der Waals surface area contributed by atoms with Gasteiger partial charge in [-0.25, -0.2) is 4.90 Å². The number of amides is 2. The zero-order valence-electron chi connectivity index (χ0n) is 16.9. The molecule has 10 heteroatoms. The Bertz CT molecular complexity index is 1050. The topological polar surface area (TPSA) is 118 Å².